The van der Waals surface area contributed by atoms with Gasteiger partial charge in [-0.25, -0.2) is 0 Å². The van der Waals surface area contributed by atoms with Crippen LogP contribution in [-0.2, 0) is 10.5 Å². The Labute approximate surface area is 136 Å². The fraction of sp³-hybridized carbons (Fsp3) is 0.529. The summed E-state index contributed by atoms with van der Waals surface area (Å²) in [7, 11) is 0. The third-order valence-electron chi connectivity index (χ3n) is 4.15. The standard InChI is InChI=1S/C17H22N2O2S/c1-13(20)16-6-8-19(9-7-16)17(21)12-22-11-15-4-2-14(10-18)3-5-15/h2-5,13,16,20H,6-9,11-12H2,1H3. The monoisotopic (exact) mass is 318 g/mol. The highest BCUT2D eigenvalue weighted by Crippen LogP contribution is 2.21. The molecule has 0 bridgehead atoms. The van der Waals surface area contributed by atoms with Gasteiger partial charge < -0.3 is 10.0 Å². The lowest BCUT2D eigenvalue weighted by Gasteiger charge is -2.33. The van der Waals surface area contributed by atoms with Crippen LogP contribution in [-0.4, -0.2) is 40.9 Å². The van der Waals surface area contributed by atoms with Crippen LogP contribution < -0.4 is 0 Å². The number of piperidine rings is 1. The number of hydrogen-bond donors (Lipinski definition) is 1. The van der Waals surface area contributed by atoms with E-state index >= 15 is 0 Å². The first-order valence-corrected chi connectivity index (χ1v) is 8.78. The van der Waals surface area contributed by atoms with Gasteiger partial charge in [0.1, 0.15) is 0 Å². The fourth-order valence-corrected chi connectivity index (χ4v) is 3.54. The lowest BCUT2D eigenvalue weighted by molar-refractivity contribution is -0.130. The van der Waals surface area contributed by atoms with Gasteiger partial charge in [0.05, 0.1) is 23.5 Å². The summed E-state index contributed by atoms with van der Waals surface area (Å²) in [4.78, 5) is 14.1. The average Bonchev–Trinajstić information content (AvgIpc) is 2.55. The molecule has 1 fully saturated rings. The number of benzene rings is 1. The van der Waals surface area contributed by atoms with Gasteiger partial charge in [-0.05, 0) is 43.4 Å². The summed E-state index contributed by atoms with van der Waals surface area (Å²) in [5.74, 6) is 1.78. The number of hydrogen-bond acceptors (Lipinski definition) is 4. The van der Waals surface area contributed by atoms with E-state index in [2.05, 4.69) is 6.07 Å². The van der Waals surface area contributed by atoms with Gasteiger partial charge in [0, 0.05) is 18.8 Å². The van der Waals surface area contributed by atoms with Crippen LogP contribution in [0.3, 0.4) is 0 Å². The highest BCUT2D eigenvalue weighted by molar-refractivity contribution is 7.99. The molecule has 1 unspecified atom stereocenters. The molecule has 118 valence electrons. The maximum atomic E-state index is 12.2. The van der Waals surface area contributed by atoms with E-state index in [9.17, 15) is 9.90 Å². The second-order valence-electron chi connectivity index (χ2n) is 5.76. The molecule has 0 spiro atoms. The first kappa shape index (κ1) is 16.9. The molecule has 1 heterocycles. The molecule has 1 atom stereocenters. The van der Waals surface area contributed by atoms with Crippen LogP contribution in [0.2, 0.25) is 0 Å². The molecule has 22 heavy (non-hydrogen) atoms. The number of aliphatic hydroxyl groups excluding tert-OH is 1. The Balaban J connectivity index is 1.71. The van der Waals surface area contributed by atoms with Crippen LogP contribution in [0.25, 0.3) is 0 Å². The quantitative estimate of drug-likeness (QED) is 0.905. The molecule has 1 saturated heterocycles. The van der Waals surface area contributed by atoms with E-state index in [1.54, 1.807) is 23.9 Å². The number of aliphatic hydroxyl groups is 1. The van der Waals surface area contributed by atoms with E-state index in [0.717, 1.165) is 37.2 Å². The summed E-state index contributed by atoms with van der Waals surface area (Å²) in [6, 6.07) is 9.58. The molecule has 1 aromatic carbocycles. The fourth-order valence-electron chi connectivity index (χ4n) is 2.65. The Kier molecular flexibility index (Phi) is 6.29. The number of carbonyl (C=O) groups excluding carboxylic acids is 1. The maximum Gasteiger partial charge on any atom is 0.232 e. The van der Waals surface area contributed by atoms with Crippen molar-refractivity contribution in [2.45, 2.75) is 31.6 Å². The number of amides is 1. The predicted molar refractivity (Wildman–Crippen MR) is 88.3 cm³/mol. The van der Waals surface area contributed by atoms with Gasteiger partial charge in [-0.2, -0.15) is 5.26 Å². The SMILES string of the molecule is CC(O)C1CCN(C(=O)CSCc2ccc(C#N)cc2)CC1. The second-order valence-corrected chi connectivity index (χ2v) is 6.75. The molecule has 4 nitrogen and oxygen atoms in total. The molecule has 5 heteroatoms. The third-order valence-corrected chi connectivity index (χ3v) is 5.14. The minimum atomic E-state index is -0.275. The van der Waals surface area contributed by atoms with Crippen molar-refractivity contribution < 1.29 is 9.90 Å². The van der Waals surface area contributed by atoms with E-state index in [4.69, 9.17) is 5.26 Å². The van der Waals surface area contributed by atoms with Gasteiger partial charge >= 0.3 is 0 Å². The van der Waals surface area contributed by atoms with Crippen LogP contribution in [0, 0.1) is 17.2 Å². The summed E-state index contributed by atoms with van der Waals surface area (Å²) in [5.41, 5.74) is 1.79. The van der Waals surface area contributed by atoms with Crippen molar-refractivity contribution in [3.05, 3.63) is 35.4 Å². The first-order valence-electron chi connectivity index (χ1n) is 7.62. The lowest BCUT2D eigenvalue weighted by atomic mass is 9.92. The Bertz CT molecular complexity index is 529. The van der Waals surface area contributed by atoms with Crippen molar-refractivity contribution in [2.24, 2.45) is 5.92 Å². The zero-order valence-corrected chi connectivity index (χ0v) is 13.7. The van der Waals surface area contributed by atoms with E-state index in [0.29, 0.717) is 17.2 Å². The van der Waals surface area contributed by atoms with E-state index < -0.39 is 0 Å². The van der Waals surface area contributed by atoms with Gasteiger partial charge in [0.2, 0.25) is 5.91 Å². The molecule has 1 amide bonds. The predicted octanol–water partition coefficient (Wildman–Crippen LogP) is 2.41. The molecular formula is C17H22N2O2S. The molecule has 1 aliphatic heterocycles. The highest BCUT2D eigenvalue weighted by atomic mass is 32.2. The number of likely N-dealkylation sites (tertiary alicyclic amines) is 1. The number of rotatable bonds is 5. The minimum Gasteiger partial charge on any atom is -0.393 e. The zero-order valence-electron chi connectivity index (χ0n) is 12.9. The summed E-state index contributed by atoms with van der Waals surface area (Å²) in [5, 5.41) is 18.3. The lowest BCUT2D eigenvalue weighted by Crippen LogP contribution is -2.41. The van der Waals surface area contributed by atoms with Crippen molar-refractivity contribution in [3.8, 4) is 6.07 Å². The Morgan fingerprint density at radius 3 is 2.59 bits per heavy atom. The first-order chi connectivity index (χ1) is 10.6. The molecule has 1 aromatic rings. The summed E-state index contributed by atoms with van der Waals surface area (Å²) in [6.45, 7) is 3.34. The van der Waals surface area contributed by atoms with Crippen molar-refractivity contribution in [3.63, 3.8) is 0 Å². The Morgan fingerprint density at radius 2 is 2.05 bits per heavy atom. The number of nitriles is 1. The van der Waals surface area contributed by atoms with Gasteiger partial charge in [-0.15, -0.1) is 11.8 Å². The van der Waals surface area contributed by atoms with E-state index in [-0.39, 0.29) is 12.0 Å². The molecule has 1 N–H and O–H groups in total. The summed E-state index contributed by atoms with van der Waals surface area (Å²) in [6.07, 6.45) is 1.51. The van der Waals surface area contributed by atoms with Crippen LogP contribution in [0.5, 0.6) is 0 Å². The Morgan fingerprint density at radius 1 is 1.41 bits per heavy atom. The minimum absolute atomic E-state index is 0.183. The van der Waals surface area contributed by atoms with E-state index in [1.165, 1.54) is 0 Å². The Hall–Kier alpha value is -1.51. The molecular weight excluding hydrogens is 296 g/mol. The smallest absolute Gasteiger partial charge is 0.232 e. The van der Waals surface area contributed by atoms with Crippen LogP contribution in [0.1, 0.15) is 30.9 Å². The van der Waals surface area contributed by atoms with Crippen molar-refractivity contribution in [1.29, 1.82) is 5.26 Å². The maximum absolute atomic E-state index is 12.2. The van der Waals surface area contributed by atoms with Gasteiger partial charge in [-0.1, -0.05) is 12.1 Å². The number of nitrogens with zero attached hydrogens (tertiary/aromatic N) is 2. The van der Waals surface area contributed by atoms with Gasteiger partial charge in [0.15, 0.2) is 0 Å². The highest BCUT2D eigenvalue weighted by Gasteiger charge is 2.25. The zero-order chi connectivity index (χ0) is 15.9. The van der Waals surface area contributed by atoms with Gasteiger partial charge in [0.25, 0.3) is 0 Å². The second kappa shape index (κ2) is 8.21. The topological polar surface area (TPSA) is 64.3 Å². The normalized spacial score (nSPS) is 17.0. The largest absolute Gasteiger partial charge is 0.393 e. The van der Waals surface area contributed by atoms with Crippen molar-refractivity contribution in [2.75, 3.05) is 18.8 Å². The molecule has 2 rings (SSSR count). The summed E-state index contributed by atoms with van der Waals surface area (Å²) >= 11 is 1.61. The van der Waals surface area contributed by atoms with Crippen LogP contribution in [0.4, 0.5) is 0 Å². The van der Waals surface area contributed by atoms with Gasteiger partial charge in [-0.3, -0.25) is 4.79 Å². The number of carbonyl (C=O) groups is 1. The van der Waals surface area contributed by atoms with Crippen LogP contribution >= 0.6 is 11.8 Å². The molecule has 0 aliphatic carbocycles. The molecule has 0 aromatic heterocycles. The summed E-state index contributed by atoms with van der Waals surface area (Å²) < 4.78 is 0. The van der Waals surface area contributed by atoms with Crippen LogP contribution in [0.15, 0.2) is 24.3 Å². The van der Waals surface area contributed by atoms with E-state index in [1.807, 2.05) is 24.0 Å². The van der Waals surface area contributed by atoms with Crippen molar-refractivity contribution >= 4 is 17.7 Å². The number of thioether (sulfide) groups is 1. The average molecular weight is 318 g/mol. The third kappa shape index (κ3) is 4.75. The molecule has 1 aliphatic rings. The molecule has 0 radical (unpaired) electrons. The molecule has 0 saturated carbocycles. The van der Waals surface area contributed by atoms with Crippen molar-refractivity contribution in [1.82, 2.24) is 4.90 Å².